The number of amides is 1. The van der Waals surface area contributed by atoms with Crippen LogP contribution >= 0.6 is 0 Å². The monoisotopic (exact) mass is 254 g/mol. The third kappa shape index (κ3) is 2.86. The normalized spacial score (nSPS) is 40.1. The molecule has 4 nitrogen and oxygen atoms in total. The highest BCUT2D eigenvalue weighted by Gasteiger charge is 2.40. The quantitative estimate of drug-likeness (QED) is 0.793. The molecule has 2 aliphatic rings. The summed E-state index contributed by atoms with van der Waals surface area (Å²) >= 11 is 0. The van der Waals surface area contributed by atoms with Crippen LogP contribution in [0.15, 0.2) is 0 Å². The number of rotatable bonds is 3. The standard InChI is InChI=1S/C14H26N2O2/c1-10-4-3-5-14(15,8-10)13(18)16(2)9-11-6-12(17)7-11/h10-12,17H,3-9,15H2,1-2H3. The molecule has 0 aromatic heterocycles. The van der Waals surface area contributed by atoms with Crippen LogP contribution in [-0.2, 0) is 4.79 Å². The van der Waals surface area contributed by atoms with Gasteiger partial charge in [0.05, 0.1) is 11.6 Å². The number of likely N-dealkylation sites (N-methyl/N-ethyl adjacent to an activating group) is 1. The molecule has 0 heterocycles. The zero-order valence-electron chi connectivity index (χ0n) is 11.6. The molecular formula is C14H26N2O2. The summed E-state index contributed by atoms with van der Waals surface area (Å²) < 4.78 is 0. The van der Waals surface area contributed by atoms with E-state index in [0.29, 0.717) is 11.8 Å². The predicted molar refractivity (Wildman–Crippen MR) is 70.9 cm³/mol. The Kier molecular flexibility index (Phi) is 3.97. The van der Waals surface area contributed by atoms with Crippen molar-refractivity contribution in [3.63, 3.8) is 0 Å². The van der Waals surface area contributed by atoms with Crippen LogP contribution in [0.25, 0.3) is 0 Å². The van der Waals surface area contributed by atoms with E-state index in [1.165, 1.54) is 6.42 Å². The van der Waals surface area contributed by atoms with Crippen molar-refractivity contribution in [3.05, 3.63) is 0 Å². The number of carbonyl (C=O) groups is 1. The smallest absolute Gasteiger partial charge is 0.242 e. The van der Waals surface area contributed by atoms with E-state index in [9.17, 15) is 9.90 Å². The lowest BCUT2D eigenvalue weighted by Gasteiger charge is -2.40. The molecule has 2 atom stereocenters. The second-order valence-corrected chi connectivity index (χ2v) is 6.53. The van der Waals surface area contributed by atoms with Gasteiger partial charge in [-0.05, 0) is 37.5 Å². The van der Waals surface area contributed by atoms with Crippen LogP contribution in [0.3, 0.4) is 0 Å². The Balaban J connectivity index is 1.88. The zero-order valence-corrected chi connectivity index (χ0v) is 11.6. The van der Waals surface area contributed by atoms with Gasteiger partial charge in [-0.25, -0.2) is 0 Å². The minimum absolute atomic E-state index is 0.0930. The maximum atomic E-state index is 12.5. The van der Waals surface area contributed by atoms with Gasteiger partial charge in [0.1, 0.15) is 0 Å². The first kappa shape index (κ1) is 13.8. The summed E-state index contributed by atoms with van der Waals surface area (Å²) in [6.07, 6.45) is 5.36. The lowest BCUT2D eigenvalue weighted by atomic mass is 9.76. The molecule has 0 saturated heterocycles. The van der Waals surface area contributed by atoms with Crippen LogP contribution < -0.4 is 5.73 Å². The van der Waals surface area contributed by atoms with E-state index >= 15 is 0 Å². The summed E-state index contributed by atoms with van der Waals surface area (Å²) in [5, 5.41) is 9.28. The molecule has 0 aromatic carbocycles. The maximum absolute atomic E-state index is 12.5. The van der Waals surface area contributed by atoms with Crippen molar-refractivity contribution in [3.8, 4) is 0 Å². The molecule has 0 aromatic rings. The lowest BCUT2D eigenvalue weighted by Crippen LogP contribution is -2.57. The van der Waals surface area contributed by atoms with Crippen LogP contribution in [0, 0.1) is 11.8 Å². The molecule has 3 N–H and O–H groups in total. The van der Waals surface area contributed by atoms with E-state index in [4.69, 9.17) is 5.73 Å². The minimum atomic E-state index is -0.644. The van der Waals surface area contributed by atoms with Gasteiger partial charge in [-0.3, -0.25) is 4.79 Å². The number of aliphatic hydroxyl groups is 1. The predicted octanol–water partition coefficient (Wildman–Crippen LogP) is 1.12. The Morgan fingerprint density at radius 2 is 2.17 bits per heavy atom. The average Bonchev–Trinajstić information content (AvgIpc) is 2.25. The fraction of sp³-hybridized carbons (Fsp3) is 0.929. The Morgan fingerprint density at radius 3 is 2.72 bits per heavy atom. The first-order valence-corrected chi connectivity index (χ1v) is 7.13. The molecule has 1 amide bonds. The summed E-state index contributed by atoms with van der Waals surface area (Å²) in [5.74, 6) is 1.10. The van der Waals surface area contributed by atoms with Crippen molar-refractivity contribution in [1.29, 1.82) is 0 Å². The topological polar surface area (TPSA) is 66.6 Å². The SMILES string of the molecule is CC1CCCC(N)(C(=O)N(C)CC2CC(O)C2)C1. The van der Waals surface area contributed by atoms with E-state index in [0.717, 1.165) is 38.6 Å². The van der Waals surface area contributed by atoms with E-state index in [2.05, 4.69) is 6.92 Å². The van der Waals surface area contributed by atoms with Gasteiger partial charge in [-0.15, -0.1) is 0 Å². The van der Waals surface area contributed by atoms with Crippen LogP contribution in [0.5, 0.6) is 0 Å². The van der Waals surface area contributed by atoms with Crippen LogP contribution in [0.4, 0.5) is 0 Å². The number of carbonyl (C=O) groups excluding carboxylic acids is 1. The minimum Gasteiger partial charge on any atom is -0.393 e. The molecule has 0 bridgehead atoms. The second-order valence-electron chi connectivity index (χ2n) is 6.53. The Labute approximate surface area is 110 Å². The second kappa shape index (κ2) is 5.17. The number of hydrogen-bond donors (Lipinski definition) is 2. The molecule has 0 radical (unpaired) electrons. The van der Waals surface area contributed by atoms with Gasteiger partial charge >= 0.3 is 0 Å². The summed E-state index contributed by atoms with van der Waals surface area (Å²) in [6.45, 7) is 2.92. The zero-order chi connectivity index (χ0) is 13.3. The molecule has 0 aliphatic heterocycles. The van der Waals surface area contributed by atoms with Gasteiger partial charge in [0.15, 0.2) is 0 Å². The largest absolute Gasteiger partial charge is 0.393 e. The van der Waals surface area contributed by atoms with Gasteiger partial charge in [0, 0.05) is 13.6 Å². The van der Waals surface area contributed by atoms with Gasteiger partial charge < -0.3 is 15.7 Å². The van der Waals surface area contributed by atoms with Crippen molar-refractivity contribution >= 4 is 5.91 Å². The fourth-order valence-electron chi connectivity index (χ4n) is 3.49. The van der Waals surface area contributed by atoms with Crippen LogP contribution in [0.2, 0.25) is 0 Å². The van der Waals surface area contributed by atoms with Crippen molar-refractivity contribution < 1.29 is 9.90 Å². The summed E-state index contributed by atoms with van der Waals surface area (Å²) in [6, 6.07) is 0. The number of nitrogens with zero attached hydrogens (tertiary/aromatic N) is 1. The van der Waals surface area contributed by atoms with Crippen molar-refractivity contribution in [2.75, 3.05) is 13.6 Å². The molecule has 0 spiro atoms. The van der Waals surface area contributed by atoms with E-state index in [1.807, 2.05) is 7.05 Å². The first-order chi connectivity index (χ1) is 8.40. The van der Waals surface area contributed by atoms with E-state index < -0.39 is 5.54 Å². The van der Waals surface area contributed by atoms with Gasteiger partial charge in [-0.2, -0.15) is 0 Å². The Morgan fingerprint density at radius 1 is 1.50 bits per heavy atom. The highest BCUT2D eigenvalue weighted by molar-refractivity contribution is 5.86. The molecule has 2 rings (SSSR count). The maximum Gasteiger partial charge on any atom is 0.242 e. The Hall–Kier alpha value is -0.610. The summed E-state index contributed by atoms with van der Waals surface area (Å²) in [4.78, 5) is 14.2. The molecule has 104 valence electrons. The Bertz CT molecular complexity index is 315. The lowest BCUT2D eigenvalue weighted by molar-refractivity contribution is -0.139. The van der Waals surface area contributed by atoms with Crippen molar-refractivity contribution in [2.24, 2.45) is 17.6 Å². The highest BCUT2D eigenvalue weighted by atomic mass is 16.3. The van der Waals surface area contributed by atoms with Gasteiger partial charge in [0.25, 0.3) is 0 Å². The molecule has 2 fully saturated rings. The third-order valence-corrected chi connectivity index (χ3v) is 4.55. The van der Waals surface area contributed by atoms with Gasteiger partial charge in [-0.1, -0.05) is 19.8 Å². The average molecular weight is 254 g/mol. The molecule has 18 heavy (non-hydrogen) atoms. The summed E-state index contributed by atoms with van der Waals surface area (Å²) in [7, 11) is 1.85. The van der Waals surface area contributed by atoms with Crippen molar-refractivity contribution in [1.82, 2.24) is 4.90 Å². The molecular weight excluding hydrogens is 228 g/mol. The molecule has 2 saturated carbocycles. The summed E-state index contributed by atoms with van der Waals surface area (Å²) in [5.41, 5.74) is 5.67. The van der Waals surface area contributed by atoms with Crippen molar-refractivity contribution in [2.45, 2.75) is 57.1 Å². The molecule has 4 heteroatoms. The van der Waals surface area contributed by atoms with E-state index in [-0.39, 0.29) is 12.0 Å². The van der Waals surface area contributed by atoms with E-state index in [1.54, 1.807) is 4.90 Å². The van der Waals surface area contributed by atoms with Gasteiger partial charge in [0.2, 0.25) is 5.91 Å². The third-order valence-electron chi connectivity index (χ3n) is 4.55. The van der Waals surface area contributed by atoms with Crippen LogP contribution in [0.1, 0.15) is 45.4 Å². The molecule has 2 unspecified atom stereocenters. The number of aliphatic hydroxyl groups excluding tert-OH is 1. The number of hydrogen-bond acceptors (Lipinski definition) is 3. The fourth-order valence-corrected chi connectivity index (χ4v) is 3.49. The highest BCUT2D eigenvalue weighted by Crippen LogP contribution is 2.33. The molecule has 2 aliphatic carbocycles. The number of nitrogens with two attached hydrogens (primary N) is 1. The first-order valence-electron chi connectivity index (χ1n) is 7.13. The van der Waals surface area contributed by atoms with Crippen LogP contribution in [-0.4, -0.2) is 41.1 Å².